The van der Waals surface area contributed by atoms with E-state index in [-0.39, 0.29) is 0 Å². The van der Waals surface area contributed by atoms with Crippen LogP contribution in [0.5, 0.6) is 0 Å². The van der Waals surface area contributed by atoms with Crippen LogP contribution in [0.25, 0.3) is 28.0 Å². The van der Waals surface area contributed by atoms with Gasteiger partial charge in [-0.15, -0.1) is 5.10 Å². The van der Waals surface area contributed by atoms with Gasteiger partial charge in [0.25, 0.3) is 0 Å². The molecule has 5 aromatic rings. The van der Waals surface area contributed by atoms with Gasteiger partial charge in [-0.1, -0.05) is 48.0 Å². The minimum absolute atomic E-state index is 0.535. The van der Waals surface area contributed by atoms with Crippen LogP contribution in [-0.2, 0) is 0 Å². The first kappa shape index (κ1) is 18.0. The third-order valence-corrected chi connectivity index (χ3v) is 4.90. The third-order valence-electron chi connectivity index (χ3n) is 4.90. The van der Waals surface area contributed by atoms with E-state index in [4.69, 9.17) is 10.1 Å². The highest BCUT2D eigenvalue weighted by atomic mass is 15.4. The van der Waals surface area contributed by atoms with Crippen LogP contribution in [0.2, 0.25) is 0 Å². The highest BCUT2D eigenvalue weighted by Gasteiger charge is 2.19. The summed E-state index contributed by atoms with van der Waals surface area (Å²) in [6, 6.07) is 24.2. The highest BCUT2D eigenvalue weighted by molar-refractivity contribution is 5.90. The van der Waals surface area contributed by atoms with Gasteiger partial charge < -0.3 is 5.32 Å². The smallest absolute Gasteiger partial charge is 0.227 e. The molecule has 0 amide bonds. The first-order valence-corrected chi connectivity index (χ1v) is 9.76. The Labute approximate surface area is 174 Å². The van der Waals surface area contributed by atoms with E-state index < -0.39 is 0 Å². The summed E-state index contributed by atoms with van der Waals surface area (Å²) < 4.78 is 1.69. The topological polar surface area (TPSA) is 68.0 Å². The second-order valence-corrected chi connectivity index (χ2v) is 7.20. The number of para-hydroxylation sites is 1. The van der Waals surface area contributed by atoms with Crippen molar-refractivity contribution in [1.29, 1.82) is 0 Å². The van der Waals surface area contributed by atoms with Gasteiger partial charge in [0.2, 0.25) is 5.95 Å². The average Bonchev–Trinajstić information content (AvgIpc) is 3.13. The van der Waals surface area contributed by atoms with Crippen molar-refractivity contribution in [3.8, 4) is 22.5 Å². The number of hydrogen-bond donors (Lipinski definition) is 1. The van der Waals surface area contributed by atoms with Crippen molar-refractivity contribution < 1.29 is 0 Å². The summed E-state index contributed by atoms with van der Waals surface area (Å²) >= 11 is 0. The molecule has 0 saturated heterocycles. The number of nitrogens with zero attached hydrogens (tertiary/aromatic N) is 5. The van der Waals surface area contributed by atoms with Crippen LogP contribution in [0.1, 0.15) is 11.3 Å². The summed E-state index contributed by atoms with van der Waals surface area (Å²) in [5, 5.41) is 12.6. The molecule has 0 aliphatic carbocycles. The molecule has 3 aromatic heterocycles. The van der Waals surface area contributed by atoms with Crippen LogP contribution in [0.15, 0.2) is 79.0 Å². The Bertz CT molecular complexity index is 1320. The minimum Gasteiger partial charge on any atom is -0.324 e. The van der Waals surface area contributed by atoms with Crippen molar-refractivity contribution in [2.45, 2.75) is 13.8 Å². The second kappa shape index (κ2) is 7.40. The molecule has 5 rings (SSSR count). The predicted molar refractivity (Wildman–Crippen MR) is 119 cm³/mol. The Kier molecular flexibility index (Phi) is 4.44. The summed E-state index contributed by atoms with van der Waals surface area (Å²) in [5.74, 6) is 0.535. The van der Waals surface area contributed by atoms with Crippen molar-refractivity contribution in [3.63, 3.8) is 0 Å². The fourth-order valence-corrected chi connectivity index (χ4v) is 3.40. The first-order valence-electron chi connectivity index (χ1n) is 9.76. The SMILES string of the molecule is Cc1ccc(-c2nn3nc(C)ccc3c2-c2ccnc(Nc3ccccc3)n2)cc1. The maximum atomic E-state index is 4.79. The van der Waals surface area contributed by atoms with E-state index in [0.29, 0.717) is 5.95 Å². The van der Waals surface area contributed by atoms with Gasteiger partial charge in [0, 0.05) is 17.4 Å². The number of aryl methyl sites for hydroxylation is 2. The zero-order chi connectivity index (χ0) is 20.5. The Morgan fingerprint density at radius 2 is 1.60 bits per heavy atom. The number of anilines is 2. The quantitative estimate of drug-likeness (QED) is 0.454. The van der Waals surface area contributed by atoms with Crippen molar-refractivity contribution in [2.75, 3.05) is 5.32 Å². The van der Waals surface area contributed by atoms with Crippen LogP contribution in [0.3, 0.4) is 0 Å². The minimum atomic E-state index is 0.535. The van der Waals surface area contributed by atoms with Crippen molar-refractivity contribution in [1.82, 2.24) is 24.8 Å². The van der Waals surface area contributed by atoms with Gasteiger partial charge >= 0.3 is 0 Å². The molecule has 0 saturated carbocycles. The molecule has 0 aliphatic heterocycles. The summed E-state index contributed by atoms with van der Waals surface area (Å²) in [6.45, 7) is 4.03. The molecular formula is C24H20N6. The first-order chi connectivity index (χ1) is 14.7. The standard InChI is InChI=1S/C24H20N6/c1-16-8-11-18(12-9-16)23-22(21-13-10-17(2)28-30(21)29-23)20-14-15-25-24(27-20)26-19-6-4-3-5-7-19/h3-15H,1-2H3,(H,25,26,27). The summed E-state index contributed by atoms with van der Waals surface area (Å²) in [4.78, 5) is 9.17. The molecule has 0 spiro atoms. The fourth-order valence-electron chi connectivity index (χ4n) is 3.40. The van der Waals surface area contributed by atoms with E-state index in [1.807, 2.05) is 55.5 Å². The van der Waals surface area contributed by atoms with Crippen LogP contribution >= 0.6 is 0 Å². The molecular weight excluding hydrogens is 372 g/mol. The normalized spacial score (nSPS) is 11.0. The maximum absolute atomic E-state index is 4.79. The average molecular weight is 392 g/mol. The molecule has 1 N–H and O–H groups in total. The van der Waals surface area contributed by atoms with E-state index in [1.54, 1.807) is 10.8 Å². The number of rotatable bonds is 4. The number of aromatic nitrogens is 5. The Hall–Kier alpha value is -4.06. The van der Waals surface area contributed by atoms with Crippen LogP contribution < -0.4 is 5.32 Å². The van der Waals surface area contributed by atoms with Gasteiger partial charge in [-0.2, -0.15) is 9.73 Å². The summed E-state index contributed by atoms with van der Waals surface area (Å²) in [6.07, 6.45) is 1.76. The number of fused-ring (bicyclic) bond motifs is 1. The lowest BCUT2D eigenvalue weighted by Crippen LogP contribution is -1.98. The van der Waals surface area contributed by atoms with Gasteiger partial charge in [-0.3, -0.25) is 0 Å². The van der Waals surface area contributed by atoms with E-state index in [2.05, 4.69) is 46.6 Å². The largest absolute Gasteiger partial charge is 0.324 e. The fraction of sp³-hybridized carbons (Fsp3) is 0.0833. The number of benzene rings is 2. The molecule has 30 heavy (non-hydrogen) atoms. The van der Waals surface area contributed by atoms with Gasteiger partial charge in [-0.25, -0.2) is 9.97 Å². The van der Waals surface area contributed by atoms with E-state index >= 15 is 0 Å². The molecule has 0 radical (unpaired) electrons. The summed E-state index contributed by atoms with van der Waals surface area (Å²) in [5.41, 5.74) is 7.54. The molecule has 0 fully saturated rings. The number of hydrogen-bond acceptors (Lipinski definition) is 5. The van der Waals surface area contributed by atoms with Crippen LogP contribution in [0, 0.1) is 13.8 Å². The van der Waals surface area contributed by atoms with E-state index in [9.17, 15) is 0 Å². The molecule has 3 heterocycles. The monoisotopic (exact) mass is 392 g/mol. The zero-order valence-corrected chi connectivity index (χ0v) is 16.7. The van der Waals surface area contributed by atoms with E-state index in [1.165, 1.54) is 5.56 Å². The predicted octanol–water partition coefficient (Wildman–Crippen LogP) is 5.21. The molecule has 146 valence electrons. The molecule has 0 bridgehead atoms. The summed E-state index contributed by atoms with van der Waals surface area (Å²) in [7, 11) is 0. The third kappa shape index (κ3) is 3.39. The highest BCUT2D eigenvalue weighted by Crippen LogP contribution is 2.34. The maximum Gasteiger partial charge on any atom is 0.227 e. The lowest BCUT2D eigenvalue weighted by atomic mass is 10.0. The Morgan fingerprint density at radius 1 is 0.800 bits per heavy atom. The zero-order valence-electron chi connectivity index (χ0n) is 16.7. The molecule has 2 aromatic carbocycles. The van der Waals surface area contributed by atoms with Gasteiger partial charge in [0.15, 0.2) is 0 Å². The van der Waals surface area contributed by atoms with Crippen molar-refractivity contribution in [2.24, 2.45) is 0 Å². The number of nitrogens with one attached hydrogen (secondary N) is 1. The molecule has 6 nitrogen and oxygen atoms in total. The second-order valence-electron chi connectivity index (χ2n) is 7.20. The van der Waals surface area contributed by atoms with Crippen LogP contribution in [0.4, 0.5) is 11.6 Å². The molecule has 0 atom stereocenters. The van der Waals surface area contributed by atoms with Gasteiger partial charge in [-0.05, 0) is 44.2 Å². The lowest BCUT2D eigenvalue weighted by molar-refractivity contribution is 0.784. The van der Waals surface area contributed by atoms with Gasteiger partial charge in [0.1, 0.15) is 5.69 Å². The molecule has 0 aliphatic rings. The Morgan fingerprint density at radius 3 is 2.40 bits per heavy atom. The van der Waals surface area contributed by atoms with Crippen molar-refractivity contribution >= 4 is 17.2 Å². The lowest BCUT2D eigenvalue weighted by Gasteiger charge is -2.07. The van der Waals surface area contributed by atoms with Crippen molar-refractivity contribution in [3.05, 3.63) is 90.3 Å². The van der Waals surface area contributed by atoms with Gasteiger partial charge in [0.05, 0.1) is 22.5 Å². The van der Waals surface area contributed by atoms with E-state index in [0.717, 1.165) is 39.4 Å². The molecule has 0 unspecified atom stereocenters. The van der Waals surface area contributed by atoms with Crippen LogP contribution in [-0.4, -0.2) is 24.8 Å². The molecule has 6 heteroatoms. The Balaban J connectivity index is 1.67.